The Morgan fingerprint density at radius 2 is 2.33 bits per heavy atom. The van der Waals surface area contributed by atoms with Gasteiger partial charge >= 0.3 is 0 Å². The van der Waals surface area contributed by atoms with Crippen molar-refractivity contribution >= 4 is 0 Å². The van der Waals surface area contributed by atoms with Crippen LogP contribution in [0.25, 0.3) is 0 Å². The Kier molecular flexibility index (Phi) is 3.63. The van der Waals surface area contributed by atoms with Crippen LogP contribution in [0.5, 0.6) is 0 Å². The molecule has 1 N–H and O–H groups in total. The van der Waals surface area contributed by atoms with Crippen LogP contribution in [0.1, 0.15) is 37.9 Å². The molecule has 5 heteroatoms. The maximum atomic E-state index is 5.62. The molecule has 2 aromatic heterocycles. The van der Waals surface area contributed by atoms with Gasteiger partial charge in [0.05, 0.1) is 12.4 Å². The van der Waals surface area contributed by atoms with Crippen LogP contribution in [-0.2, 0) is 11.8 Å². The van der Waals surface area contributed by atoms with Gasteiger partial charge < -0.3 is 13.7 Å². The summed E-state index contributed by atoms with van der Waals surface area (Å²) < 4.78 is 13.2. The van der Waals surface area contributed by atoms with Crippen molar-refractivity contribution < 1.29 is 9.15 Å². The number of methoxy groups -OCH3 is 1. The second kappa shape index (κ2) is 5.31. The van der Waals surface area contributed by atoms with Crippen molar-refractivity contribution in [2.45, 2.75) is 38.5 Å². The van der Waals surface area contributed by atoms with Crippen molar-refractivity contribution in [1.29, 1.82) is 0 Å². The molecule has 3 rings (SSSR count). The molecule has 2 aromatic rings. The maximum absolute atomic E-state index is 5.62. The molecule has 0 spiro atoms. The normalized spacial score (nSPS) is 25.5. The molecule has 3 atom stereocenters. The summed E-state index contributed by atoms with van der Waals surface area (Å²) in [4.78, 5) is 4.48. The Morgan fingerprint density at radius 1 is 1.52 bits per heavy atom. The van der Waals surface area contributed by atoms with Crippen molar-refractivity contribution in [3.63, 3.8) is 0 Å². The van der Waals surface area contributed by atoms with Crippen molar-refractivity contribution in [3.8, 4) is 0 Å². The van der Waals surface area contributed by atoms with E-state index in [1.807, 2.05) is 36.1 Å². The highest BCUT2D eigenvalue weighted by Gasteiger charge is 2.49. The molecule has 0 bridgehead atoms. The zero-order valence-electron chi connectivity index (χ0n) is 13.0. The Labute approximate surface area is 125 Å². The van der Waals surface area contributed by atoms with Gasteiger partial charge in [0.25, 0.3) is 0 Å². The fourth-order valence-electron chi connectivity index (χ4n) is 3.16. The second-order valence-electron chi connectivity index (χ2n) is 6.35. The zero-order chi connectivity index (χ0) is 15.0. The van der Waals surface area contributed by atoms with Crippen molar-refractivity contribution in [2.24, 2.45) is 12.5 Å². The minimum Gasteiger partial charge on any atom is -0.467 e. The minimum atomic E-state index is -0.0397. The number of ether oxygens (including phenoxy) is 1. The summed E-state index contributed by atoms with van der Waals surface area (Å²) in [6, 6.07) is 4.24. The van der Waals surface area contributed by atoms with Gasteiger partial charge in [-0.1, -0.05) is 13.8 Å². The molecule has 1 aliphatic rings. The Balaban J connectivity index is 1.84. The summed E-state index contributed by atoms with van der Waals surface area (Å²) in [6.45, 7) is 4.47. The Bertz CT molecular complexity index is 588. The first-order valence-electron chi connectivity index (χ1n) is 7.33. The van der Waals surface area contributed by atoms with E-state index < -0.39 is 0 Å². The van der Waals surface area contributed by atoms with Gasteiger partial charge in [-0.2, -0.15) is 0 Å². The van der Waals surface area contributed by atoms with E-state index in [1.54, 1.807) is 13.4 Å². The number of nitrogens with one attached hydrogen (secondary N) is 1. The standard InChI is InChI=1S/C16H23N3O2/c1-16(2)12(10-13(16)20-4)18-14(11-6-5-9-21-11)15-17-7-8-19(15)3/h5-9,12-14,18H,10H2,1-4H3. The van der Waals surface area contributed by atoms with Gasteiger partial charge in [0, 0.05) is 38.0 Å². The van der Waals surface area contributed by atoms with Crippen LogP contribution < -0.4 is 5.32 Å². The molecule has 0 aromatic carbocycles. The van der Waals surface area contributed by atoms with Gasteiger partial charge in [-0.25, -0.2) is 4.98 Å². The van der Waals surface area contributed by atoms with E-state index in [1.165, 1.54) is 0 Å². The fourth-order valence-corrected chi connectivity index (χ4v) is 3.16. The Hall–Kier alpha value is -1.59. The third kappa shape index (κ3) is 2.40. The smallest absolute Gasteiger partial charge is 0.133 e. The van der Waals surface area contributed by atoms with Gasteiger partial charge in [-0.3, -0.25) is 5.32 Å². The SMILES string of the molecule is COC1CC(NC(c2ccco2)c2nccn2C)C1(C)C. The van der Waals surface area contributed by atoms with Crippen LogP contribution in [-0.4, -0.2) is 28.8 Å². The lowest BCUT2D eigenvalue weighted by atomic mass is 9.64. The highest BCUT2D eigenvalue weighted by molar-refractivity contribution is 5.18. The monoisotopic (exact) mass is 289 g/mol. The number of aryl methyl sites for hydroxylation is 1. The highest BCUT2D eigenvalue weighted by Crippen LogP contribution is 2.43. The first kappa shape index (κ1) is 14.4. The molecular formula is C16H23N3O2. The number of furan rings is 1. The van der Waals surface area contributed by atoms with E-state index in [9.17, 15) is 0 Å². The highest BCUT2D eigenvalue weighted by atomic mass is 16.5. The van der Waals surface area contributed by atoms with Crippen molar-refractivity contribution in [3.05, 3.63) is 42.4 Å². The summed E-state index contributed by atoms with van der Waals surface area (Å²) >= 11 is 0. The van der Waals surface area contributed by atoms with Gasteiger partial charge in [0.2, 0.25) is 0 Å². The lowest BCUT2D eigenvalue weighted by molar-refractivity contribution is -0.1000. The average Bonchev–Trinajstić information content (AvgIpc) is 3.10. The predicted molar refractivity (Wildman–Crippen MR) is 79.9 cm³/mol. The van der Waals surface area contributed by atoms with Crippen molar-refractivity contribution in [1.82, 2.24) is 14.9 Å². The molecule has 1 aliphatic carbocycles. The molecule has 0 amide bonds. The number of nitrogens with zero attached hydrogens (tertiary/aromatic N) is 2. The molecule has 21 heavy (non-hydrogen) atoms. The number of hydrogen-bond donors (Lipinski definition) is 1. The van der Waals surface area contributed by atoms with Crippen LogP contribution >= 0.6 is 0 Å². The quantitative estimate of drug-likeness (QED) is 0.919. The molecule has 0 aliphatic heterocycles. The number of rotatable bonds is 5. The van der Waals surface area contributed by atoms with Crippen LogP contribution in [0, 0.1) is 5.41 Å². The lowest BCUT2D eigenvalue weighted by Crippen LogP contribution is -2.61. The summed E-state index contributed by atoms with van der Waals surface area (Å²) in [5.41, 5.74) is 0.102. The van der Waals surface area contributed by atoms with E-state index in [-0.39, 0.29) is 11.5 Å². The zero-order valence-corrected chi connectivity index (χ0v) is 13.0. The first-order chi connectivity index (χ1) is 10.0. The van der Waals surface area contributed by atoms with Gasteiger partial charge in [0.1, 0.15) is 17.6 Å². The summed E-state index contributed by atoms with van der Waals surface area (Å²) in [5, 5.41) is 3.70. The molecular weight excluding hydrogens is 266 g/mol. The van der Waals surface area contributed by atoms with Crippen LogP contribution in [0.4, 0.5) is 0 Å². The number of aromatic nitrogens is 2. The average molecular weight is 289 g/mol. The van der Waals surface area contributed by atoms with Gasteiger partial charge in [0.15, 0.2) is 0 Å². The summed E-state index contributed by atoms with van der Waals surface area (Å²) in [7, 11) is 3.79. The second-order valence-corrected chi connectivity index (χ2v) is 6.35. The molecule has 5 nitrogen and oxygen atoms in total. The van der Waals surface area contributed by atoms with E-state index >= 15 is 0 Å². The molecule has 2 heterocycles. The number of imidazole rings is 1. The maximum Gasteiger partial charge on any atom is 0.133 e. The van der Waals surface area contributed by atoms with E-state index in [0.717, 1.165) is 18.0 Å². The largest absolute Gasteiger partial charge is 0.467 e. The van der Waals surface area contributed by atoms with E-state index in [4.69, 9.17) is 9.15 Å². The van der Waals surface area contributed by atoms with Crippen LogP contribution in [0.3, 0.4) is 0 Å². The third-order valence-corrected chi connectivity index (χ3v) is 4.77. The topological polar surface area (TPSA) is 52.2 Å². The lowest BCUT2D eigenvalue weighted by Gasteiger charge is -2.52. The summed E-state index contributed by atoms with van der Waals surface area (Å²) in [5.74, 6) is 1.85. The molecule has 1 saturated carbocycles. The van der Waals surface area contributed by atoms with Crippen LogP contribution in [0.2, 0.25) is 0 Å². The van der Waals surface area contributed by atoms with Crippen molar-refractivity contribution in [2.75, 3.05) is 7.11 Å². The molecule has 114 valence electrons. The molecule has 3 unspecified atom stereocenters. The summed E-state index contributed by atoms with van der Waals surface area (Å²) in [6.07, 6.45) is 6.78. The predicted octanol–water partition coefficient (Wildman–Crippen LogP) is 2.51. The van der Waals surface area contributed by atoms with E-state index in [2.05, 4.69) is 24.1 Å². The molecule has 1 fully saturated rings. The number of hydrogen-bond acceptors (Lipinski definition) is 4. The minimum absolute atomic E-state index is 0.0397. The molecule has 0 radical (unpaired) electrons. The van der Waals surface area contributed by atoms with Gasteiger partial charge in [-0.15, -0.1) is 0 Å². The fraction of sp³-hybridized carbons (Fsp3) is 0.562. The first-order valence-corrected chi connectivity index (χ1v) is 7.33. The third-order valence-electron chi connectivity index (χ3n) is 4.77. The van der Waals surface area contributed by atoms with Gasteiger partial charge in [-0.05, 0) is 18.6 Å². The van der Waals surface area contributed by atoms with Crippen LogP contribution in [0.15, 0.2) is 35.2 Å². The Morgan fingerprint density at radius 3 is 2.86 bits per heavy atom. The van der Waals surface area contributed by atoms with E-state index in [0.29, 0.717) is 12.1 Å². The molecule has 0 saturated heterocycles.